The van der Waals surface area contributed by atoms with Gasteiger partial charge in [-0.05, 0) is 73.2 Å². The van der Waals surface area contributed by atoms with Gasteiger partial charge in [0.25, 0.3) is 0 Å². The summed E-state index contributed by atoms with van der Waals surface area (Å²) < 4.78 is 13.4. The van der Waals surface area contributed by atoms with Crippen LogP contribution in [0, 0.1) is 5.82 Å². The Labute approximate surface area is 174 Å². The maximum Gasteiger partial charge on any atom is 0.123 e. The molecule has 4 rings (SSSR count). The largest absolute Gasteiger partial charge is 0.395 e. The Kier molecular flexibility index (Phi) is 8.19. The van der Waals surface area contributed by atoms with E-state index < -0.39 is 0 Å². The molecule has 2 aliphatic rings. The Hall–Kier alpha value is -1.79. The van der Waals surface area contributed by atoms with Crippen LogP contribution >= 0.6 is 0 Å². The first kappa shape index (κ1) is 21.9. The van der Waals surface area contributed by atoms with Gasteiger partial charge in [0.15, 0.2) is 0 Å². The summed E-state index contributed by atoms with van der Waals surface area (Å²) in [6, 6.07) is 13.7. The van der Waals surface area contributed by atoms with Gasteiger partial charge in [-0.1, -0.05) is 30.3 Å². The van der Waals surface area contributed by atoms with Crippen molar-refractivity contribution in [3.63, 3.8) is 0 Å². The predicted molar refractivity (Wildman–Crippen MR) is 117 cm³/mol. The third-order valence-electron chi connectivity index (χ3n) is 6.04. The Morgan fingerprint density at radius 2 is 1.79 bits per heavy atom. The highest BCUT2D eigenvalue weighted by Gasteiger charge is 2.21. The smallest absolute Gasteiger partial charge is 0.123 e. The Morgan fingerprint density at radius 3 is 2.52 bits per heavy atom. The van der Waals surface area contributed by atoms with E-state index in [0.29, 0.717) is 19.1 Å². The van der Waals surface area contributed by atoms with E-state index in [2.05, 4.69) is 41.1 Å². The lowest BCUT2D eigenvalue weighted by Crippen LogP contribution is -2.45. The molecule has 0 unspecified atom stereocenters. The summed E-state index contributed by atoms with van der Waals surface area (Å²) in [4.78, 5) is 4.61. The molecule has 158 valence electrons. The van der Waals surface area contributed by atoms with Crippen molar-refractivity contribution in [2.24, 2.45) is 5.73 Å². The molecule has 0 radical (unpaired) electrons. The molecule has 1 aliphatic heterocycles. The van der Waals surface area contributed by atoms with Crippen LogP contribution in [0.4, 0.5) is 4.39 Å². The number of aliphatic hydroxyl groups is 1. The van der Waals surface area contributed by atoms with Crippen molar-refractivity contribution in [1.29, 1.82) is 0 Å². The van der Waals surface area contributed by atoms with Crippen molar-refractivity contribution in [3.05, 3.63) is 70.5 Å². The average Bonchev–Trinajstić information content (AvgIpc) is 2.87. The minimum Gasteiger partial charge on any atom is -0.395 e. The van der Waals surface area contributed by atoms with Gasteiger partial charge in [0.05, 0.1) is 6.61 Å². The molecule has 5 heteroatoms. The third kappa shape index (κ3) is 6.09. The first-order valence-electron chi connectivity index (χ1n) is 10.7. The second-order valence-corrected chi connectivity index (χ2v) is 8.14. The second-order valence-electron chi connectivity index (χ2n) is 8.14. The summed E-state index contributed by atoms with van der Waals surface area (Å²) in [5, 5.41) is 8.63. The van der Waals surface area contributed by atoms with Crippen LogP contribution in [0.5, 0.6) is 0 Å². The molecular formula is C24H34FN3O. The zero-order valence-electron chi connectivity index (χ0n) is 17.5. The number of rotatable bonds is 4. The maximum atomic E-state index is 13.4. The van der Waals surface area contributed by atoms with Gasteiger partial charge in [0, 0.05) is 32.7 Å². The average molecular weight is 400 g/mol. The van der Waals surface area contributed by atoms with E-state index in [4.69, 9.17) is 10.8 Å². The fourth-order valence-corrected chi connectivity index (χ4v) is 4.30. The van der Waals surface area contributed by atoms with E-state index in [1.807, 2.05) is 6.07 Å². The number of β-amino-alcohol motifs (C(OH)–C–C–N with tert-alkyl or cyclic N) is 1. The minimum absolute atomic E-state index is 0.142. The van der Waals surface area contributed by atoms with Gasteiger partial charge < -0.3 is 15.7 Å². The molecule has 0 saturated carbocycles. The first-order valence-corrected chi connectivity index (χ1v) is 10.7. The van der Waals surface area contributed by atoms with Gasteiger partial charge in [0.2, 0.25) is 0 Å². The molecule has 0 aromatic heterocycles. The molecule has 1 saturated heterocycles. The third-order valence-corrected chi connectivity index (χ3v) is 6.04. The summed E-state index contributed by atoms with van der Waals surface area (Å²) in [5.74, 6) is 0.264. The number of piperazine rings is 1. The molecule has 3 N–H and O–H groups in total. The zero-order valence-corrected chi connectivity index (χ0v) is 17.5. The van der Waals surface area contributed by atoms with E-state index in [9.17, 15) is 4.39 Å². The molecular weight excluding hydrogens is 365 g/mol. The number of benzene rings is 2. The van der Waals surface area contributed by atoms with Gasteiger partial charge in [-0.25, -0.2) is 4.39 Å². The standard InChI is InChI=1S/C17H18FN.C7H16N2O/c18-16-6-5-12-9-13-3-1-2-4-17(13)14(7-8-19)10-15(12)11-16;1-8-2-4-9(5-3-8)6-7-10/h1-6,11,14H,7-10,19H2;10H,2-7H2,1H3/t14-;/m0./s1. The van der Waals surface area contributed by atoms with Crippen molar-refractivity contribution < 1.29 is 9.50 Å². The second kappa shape index (κ2) is 10.8. The number of hydrogen-bond acceptors (Lipinski definition) is 4. The van der Waals surface area contributed by atoms with Crippen molar-refractivity contribution in [1.82, 2.24) is 9.80 Å². The quantitative estimate of drug-likeness (QED) is 0.830. The lowest BCUT2D eigenvalue weighted by Gasteiger charge is -2.31. The van der Waals surface area contributed by atoms with Crippen molar-refractivity contribution in [2.75, 3.05) is 52.9 Å². The molecule has 1 atom stereocenters. The molecule has 0 bridgehead atoms. The van der Waals surface area contributed by atoms with Gasteiger partial charge in [-0.15, -0.1) is 0 Å². The molecule has 2 aromatic carbocycles. The maximum absolute atomic E-state index is 13.4. The number of aliphatic hydroxyl groups excluding tert-OH is 1. The number of likely N-dealkylation sites (N-methyl/N-ethyl adjacent to an activating group) is 1. The van der Waals surface area contributed by atoms with Crippen LogP contribution in [0.3, 0.4) is 0 Å². The Balaban J connectivity index is 0.000000204. The van der Waals surface area contributed by atoms with E-state index in [0.717, 1.165) is 57.5 Å². The monoisotopic (exact) mass is 399 g/mol. The SMILES string of the molecule is CN1CCN(CCO)CC1.NCC[C@H]1Cc2cc(F)ccc2Cc2ccccc21. The van der Waals surface area contributed by atoms with Crippen molar-refractivity contribution >= 4 is 0 Å². The van der Waals surface area contributed by atoms with Crippen molar-refractivity contribution in [2.45, 2.75) is 25.2 Å². The zero-order chi connectivity index (χ0) is 20.6. The normalized spacial score (nSPS) is 19.5. The summed E-state index contributed by atoms with van der Waals surface area (Å²) >= 11 is 0. The lowest BCUT2D eigenvalue weighted by molar-refractivity contribution is 0.128. The number of nitrogens with two attached hydrogens (primary N) is 1. The van der Waals surface area contributed by atoms with E-state index in [-0.39, 0.29) is 5.82 Å². The van der Waals surface area contributed by atoms with E-state index in [1.54, 1.807) is 12.1 Å². The topological polar surface area (TPSA) is 52.7 Å². The van der Waals surface area contributed by atoms with Crippen molar-refractivity contribution in [3.8, 4) is 0 Å². The molecule has 2 aromatic rings. The summed E-state index contributed by atoms with van der Waals surface area (Å²) in [5.41, 5.74) is 10.9. The predicted octanol–water partition coefficient (Wildman–Crippen LogP) is 2.63. The van der Waals surface area contributed by atoms with Crippen LogP contribution in [0.25, 0.3) is 0 Å². The molecule has 0 amide bonds. The van der Waals surface area contributed by atoms with Gasteiger partial charge in [0.1, 0.15) is 5.82 Å². The molecule has 29 heavy (non-hydrogen) atoms. The van der Waals surface area contributed by atoms with Gasteiger partial charge >= 0.3 is 0 Å². The van der Waals surface area contributed by atoms with Crippen LogP contribution in [-0.4, -0.2) is 67.8 Å². The highest BCUT2D eigenvalue weighted by Crippen LogP contribution is 2.33. The van der Waals surface area contributed by atoms with Gasteiger partial charge in [-0.2, -0.15) is 0 Å². The van der Waals surface area contributed by atoms with E-state index >= 15 is 0 Å². The van der Waals surface area contributed by atoms with Crippen LogP contribution in [0.15, 0.2) is 42.5 Å². The Morgan fingerprint density at radius 1 is 1.03 bits per heavy atom. The fourth-order valence-electron chi connectivity index (χ4n) is 4.30. The molecule has 0 spiro atoms. The van der Waals surface area contributed by atoms with Crippen LogP contribution in [0.1, 0.15) is 34.6 Å². The van der Waals surface area contributed by atoms with Crippen LogP contribution in [-0.2, 0) is 12.8 Å². The van der Waals surface area contributed by atoms with Crippen LogP contribution in [0.2, 0.25) is 0 Å². The number of fused-ring (bicyclic) bond motifs is 2. The highest BCUT2D eigenvalue weighted by atomic mass is 19.1. The first-order chi connectivity index (χ1) is 14.1. The summed E-state index contributed by atoms with van der Waals surface area (Å²) in [6.45, 7) is 6.30. The fraction of sp³-hybridized carbons (Fsp3) is 0.500. The number of hydrogen-bond donors (Lipinski definition) is 2. The minimum atomic E-state index is -0.142. The highest BCUT2D eigenvalue weighted by molar-refractivity contribution is 5.42. The molecule has 4 nitrogen and oxygen atoms in total. The van der Waals surface area contributed by atoms with Gasteiger partial charge in [-0.3, -0.25) is 4.90 Å². The number of nitrogens with zero attached hydrogens (tertiary/aromatic N) is 2. The lowest BCUT2D eigenvalue weighted by atomic mass is 9.89. The molecule has 1 fully saturated rings. The van der Waals surface area contributed by atoms with E-state index in [1.165, 1.54) is 16.7 Å². The van der Waals surface area contributed by atoms with Crippen LogP contribution < -0.4 is 5.73 Å². The summed E-state index contributed by atoms with van der Waals surface area (Å²) in [7, 11) is 2.14. The molecule has 1 aliphatic carbocycles. The molecule has 1 heterocycles. The Bertz CT molecular complexity index is 774. The summed E-state index contributed by atoms with van der Waals surface area (Å²) in [6.07, 6.45) is 2.74. The number of halogens is 1.